The number of carbonyl (C=O) groups excluding carboxylic acids is 2. The first-order valence-electron chi connectivity index (χ1n) is 11.1. The SMILES string of the molecule is CN(C)CC(NC(=O)OCC1c2ccccc2-c2ccccc21)C(=O)Nc1nn(C)cc1C(=O)O. The number of amides is 2. The van der Waals surface area contributed by atoms with Crippen LogP contribution in [0.5, 0.6) is 0 Å². The summed E-state index contributed by atoms with van der Waals surface area (Å²) in [5.74, 6) is -2.03. The van der Waals surface area contributed by atoms with Crippen molar-refractivity contribution >= 4 is 23.8 Å². The molecule has 1 heterocycles. The molecule has 2 aromatic carbocycles. The Morgan fingerprint density at radius 3 is 2.26 bits per heavy atom. The lowest BCUT2D eigenvalue weighted by molar-refractivity contribution is -0.118. The van der Waals surface area contributed by atoms with Crippen molar-refractivity contribution in [3.05, 3.63) is 71.4 Å². The molecule has 0 saturated carbocycles. The second kappa shape index (κ2) is 9.98. The highest BCUT2D eigenvalue weighted by Crippen LogP contribution is 2.44. The minimum Gasteiger partial charge on any atom is -0.477 e. The normalized spacial score (nSPS) is 13.1. The topological polar surface area (TPSA) is 126 Å². The fourth-order valence-electron chi connectivity index (χ4n) is 4.28. The summed E-state index contributed by atoms with van der Waals surface area (Å²) in [5.41, 5.74) is 4.25. The molecule has 0 bridgehead atoms. The van der Waals surface area contributed by atoms with Crippen LogP contribution >= 0.6 is 0 Å². The van der Waals surface area contributed by atoms with Crippen LogP contribution in [0.4, 0.5) is 10.6 Å². The number of ether oxygens (including phenoxy) is 1. The Morgan fingerprint density at radius 1 is 1.09 bits per heavy atom. The molecule has 0 aliphatic heterocycles. The van der Waals surface area contributed by atoms with Crippen LogP contribution in [-0.4, -0.2) is 71.0 Å². The number of rotatable bonds is 8. The number of hydrogen-bond donors (Lipinski definition) is 3. The molecular weight excluding hydrogens is 450 g/mol. The van der Waals surface area contributed by atoms with E-state index in [0.717, 1.165) is 22.3 Å². The van der Waals surface area contributed by atoms with Crippen molar-refractivity contribution in [3.8, 4) is 11.1 Å². The first-order chi connectivity index (χ1) is 16.7. The van der Waals surface area contributed by atoms with Gasteiger partial charge in [-0.05, 0) is 36.3 Å². The van der Waals surface area contributed by atoms with E-state index in [1.165, 1.54) is 10.9 Å². The van der Waals surface area contributed by atoms with Gasteiger partial charge in [0.1, 0.15) is 18.2 Å². The van der Waals surface area contributed by atoms with Crippen LogP contribution in [0.2, 0.25) is 0 Å². The highest BCUT2D eigenvalue weighted by molar-refractivity contribution is 6.01. The van der Waals surface area contributed by atoms with Gasteiger partial charge in [-0.15, -0.1) is 0 Å². The Morgan fingerprint density at radius 2 is 1.69 bits per heavy atom. The average Bonchev–Trinajstić information content (AvgIpc) is 3.34. The van der Waals surface area contributed by atoms with Gasteiger partial charge in [-0.3, -0.25) is 9.48 Å². The molecule has 182 valence electrons. The zero-order valence-corrected chi connectivity index (χ0v) is 19.7. The number of benzene rings is 2. The number of nitrogens with one attached hydrogen (secondary N) is 2. The third-order valence-electron chi connectivity index (χ3n) is 5.80. The van der Waals surface area contributed by atoms with Crippen molar-refractivity contribution in [2.75, 3.05) is 32.6 Å². The van der Waals surface area contributed by atoms with Crippen molar-refractivity contribution in [3.63, 3.8) is 0 Å². The Balaban J connectivity index is 1.44. The molecule has 1 aliphatic rings. The molecule has 10 nitrogen and oxygen atoms in total. The smallest absolute Gasteiger partial charge is 0.407 e. The Hall–Kier alpha value is -4.18. The number of anilines is 1. The number of carboxylic acids is 1. The molecule has 3 aromatic rings. The standard InChI is InChI=1S/C25H27N5O5/c1-29(2)13-21(23(31)27-22-19(24(32)33)12-30(3)28-22)26-25(34)35-14-20-17-10-6-4-8-15(17)16-9-5-7-11-18(16)20/h4-12,20-21H,13-14H2,1-3H3,(H,26,34)(H,32,33)(H,27,28,31). The average molecular weight is 478 g/mol. The third-order valence-corrected chi connectivity index (χ3v) is 5.80. The van der Waals surface area contributed by atoms with Crippen molar-refractivity contribution in [2.24, 2.45) is 7.05 Å². The summed E-state index contributed by atoms with van der Waals surface area (Å²) >= 11 is 0. The maximum Gasteiger partial charge on any atom is 0.407 e. The zero-order valence-electron chi connectivity index (χ0n) is 19.7. The highest BCUT2D eigenvalue weighted by Gasteiger charge is 2.30. The lowest BCUT2D eigenvalue weighted by Crippen LogP contribution is -2.49. The van der Waals surface area contributed by atoms with Crippen molar-refractivity contribution < 1.29 is 24.2 Å². The van der Waals surface area contributed by atoms with Crippen molar-refractivity contribution in [1.82, 2.24) is 20.0 Å². The largest absolute Gasteiger partial charge is 0.477 e. The van der Waals surface area contributed by atoms with E-state index in [4.69, 9.17) is 4.74 Å². The monoisotopic (exact) mass is 477 g/mol. The number of carboxylic acid groups (broad SMARTS) is 1. The lowest BCUT2D eigenvalue weighted by Gasteiger charge is -2.22. The molecular formula is C25H27N5O5. The number of likely N-dealkylation sites (N-methyl/N-ethyl adjacent to an activating group) is 1. The van der Waals surface area contributed by atoms with E-state index < -0.39 is 24.0 Å². The van der Waals surface area contributed by atoms with Crippen LogP contribution in [0.15, 0.2) is 54.7 Å². The molecule has 1 aromatic heterocycles. The molecule has 0 fully saturated rings. The van der Waals surface area contributed by atoms with Crippen molar-refractivity contribution in [2.45, 2.75) is 12.0 Å². The van der Waals surface area contributed by atoms with Gasteiger partial charge in [-0.25, -0.2) is 9.59 Å². The Kier molecular flexibility index (Phi) is 6.83. The Labute approximate surface area is 202 Å². The van der Waals surface area contributed by atoms with Gasteiger partial charge in [0.05, 0.1) is 0 Å². The number of alkyl carbamates (subject to hydrolysis) is 1. The summed E-state index contributed by atoms with van der Waals surface area (Å²) in [6.07, 6.45) is 0.547. The quantitative estimate of drug-likeness (QED) is 0.455. The van der Waals surface area contributed by atoms with E-state index in [1.807, 2.05) is 36.4 Å². The summed E-state index contributed by atoms with van der Waals surface area (Å²) in [5, 5.41) is 18.4. The maximum absolute atomic E-state index is 12.9. The second-order valence-electron chi connectivity index (χ2n) is 8.64. The van der Waals surface area contributed by atoms with Gasteiger partial charge in [0.25, 0.3) is 0 Å². The predicted octanol–water partition coefficient (Wildman–Crippen LogP) is 2.53. The summed E-state index contributed by atoms with van der Waals surface area (Å²) in [7, 11) is 5.06. The molecule has 0 spiro atoms. The van der Waals surface area contributed by atoms with Crippen LogP contribution in [0.1, 0.15) is 27.4 Å². The third kappa shape index (κ3) is 5.17. The zero-order chi connectivity index (χ0) is 25.1. The van der Waals surface area contributed by atoms with Gasteiger partial charge in [0, 0.05) is 25.7 Å². The summed E-state index contributed by atoms with van der Waals surface area (Å²) in [6.45, 7) is 0.283. The summed E-state index contributed by atoms with van der Waals surface area (Å²) in [6, 6.07) is 15.0. The minimum absolute atomic E-state index is 0.0944. The molecule has 2 amide bonds. The Bertz CT molecular complexity index is 1220. The van der Waals surface area contributed by atoms with E-state index in [9.17, 15) is 19.5 Å². The predicted molar refractivity (Wildman–Crippen MR) is 129 cm³/mol. The molecule has 1 atom stereocenters. The number of aromatic nitrogens is 2. The number of aryl methyl sites for hydroxylation is 1. The van der Waals surface area contributed by atoms with Gasteiger partial charge < -0.3 is 25.4 Å². The molecule has 0 radical (unpaired) electrons. The van der Waals surface area contributed by atoms with E-state index in [2.05, 4.69) is 27.9 Å². The number of nitrogens with zero attached hydrogens (tertiary/aromatic N) is 3. The van der Waals surface area contributed by atoms with Crippen LogP contribution in [0.3, 0.4) is 0 Å². The van der Waals surface area contributed by atoms with E-state index in [0.29, 0.717) is 0 Å². The van der Waals surface area contributed by atoms with Gasteiger partial charge in [-0.2, -0.15) is 5.10 Å². The van der Waals surface area contributed by atoms with Crippen LogP contribution in [0, 0.1) is 0 Å². The van der Waals surface area contributed by atoms with Crippen LogP contribution in [-0.2, 0) is 16.6 Å². The maximum atomic E-state index is 12.9. The first kappa shape index (κ1) is 24.0. The number of aromatic carboxylic acids is 1. The van der Waals surface area contributed by atoms with Crippen LogP contribution < -0.4 is 10.6 Å². The molecule has 0 saturated heterocycles. The van der Waals surface area contributed by atoms with E-state index >= 15 is 0 Å². The minimum atomic E-state index is -1.22. The van der Waals surface area contributed by atoms with E-state index in [1.54, 1.807) is 26.0 Å². The number of hydrogen-bond acceptors (Lipinski definition) is 6. The number of fused-ring (bicyclic) bond motifs is 3. The molecule has 1 aliphatic carbocycles. The first-order valence-corrected chi connectivity index (χ1v) is 11.1. The molecule has 3 N–H and O–H groups in total. The second-order valence-corrected chi connectivity index (χ2v) is 8.64. The molecule has 35 heavy (non-hydrogen) atoms. The van der Waals surface area contributed by atoms with Gasteiger partial charge in [-0.1, -0.05) is 48.5 Å². The fourth-order valence-corrected chi connectivity index (χ4v) is 4.28. The van der Waals surface area contributed by atoms with Crippen molar-refractivity contribution in [1.29, 1.82) is 0 Å². The molecule has 10 heteroatoms. The lowest BCUT2D eigenvalue weighted by atomic mass is 9.98. The molecule has 1 unspecified atom stereocenters. The number of carbonyl (C=O) groups is 3. The summed E-state index contributed by atoms with van der Waals surface area (Å²) < 4.78 is 6.85. The van der Waals surface area contributed by atoms with Crippen LogP contribution in [0.25, 0.3) is 11.1 Å². The highest BCUT2D eigenvalue weighted by atomic mass is 16.5. The van der Waals surface area contributed by atoms with Gasteiger partial charge >= 0.3 is 12.1 Å². The summed E-state index contributed by atoms with van der Waals surface area (Å²) in [4.78, 5) is 38.8. The van der Waals surface area contributed by atoms with Gasteiger partial charge in [0.15, 0.2) is 5.82 Å². The molecule has 4 rings (SSSR count). The van der Waals surface area contributed by atoms with E-state index in [-0.39, 0.29) is 30.5 Å². The fraction of sp³-hybridized carbons (Fsp3) is 0.280. The van der Waals surface area contributed by atoms with Gasteiger partial charge in [0.2, 0.25) is 5.91 Å².